The van der Waals surface area contributed by atoms with Crippen LogP contribution in [-0.2, 0) is 9.84 Å². The Bertz CT molecular complexity index is 466. The highest BCUT2D eigenvalue weighted by Crippen LogP contribution is 2.18. The van der Waals surface area contributed by atoms with Crippen LogP contribution in [0, 0.1) is 12.3 Å². The summed E-state index contributed by atoms with van der Waals surface area (Å²) in [6.45, 7) is 0. The summed E-state index contributed by atoms with van der Waals surface area (Å²) in [5.74, 6) is 2.34. The largest absolute Gasteiger partial charge is 0.387 e. The molecule has 0 bridgehead atoms. The van der Waals surface area contributed by atoms with E-state index in [0.29, 0.717) is 5.56 Å². The van der Waals surface area contributed by atoms with Crippen molar-refractivity contribution in [1.29, 1.82) is 0 Å². The molecule has 3 nitrogen and oxygen atoms in total. The van der Waals surface area contributed by atoms with Crippen molar-refractivity contribution in [3.05, 3.63) is 29.8 Å². The predicted octanol–water partition coefficient (Wildman–Crippen LogP) is 1.15. The van der Waals surface area contributed by atoms with Crippen LogP contribution in [-0.4, -0.2) is 19.8 Å². The van der Waals surface area contributed by atoms with E-state index in [1.807, 2.05) is 0 Å². The van der Waals surface area contributed by atoms with Gasteiger partial charge in [-0.2, -0.15) is 0 Å². The molecule has 1 N–H and O–H groups in total. The summed E-state index contributed by atoms with van der Waals surface area (Å²) in [5.41, 5.74) is 0.625. The zero-order chi connectivity index (χ0) is 11.5. The second-order valence-electron chi connectivity index (χ2n) is 3.27. The lowest BCUT2D eigenvalue weighted by Crippen LogP contribution is -1.99. The maximum absolute atomic E-state index is 11.1. The molecule has 0 saturated heterocycles. The highest BCUT2D eigenvalue weighted by Gasteiger charge is 2.09. The van der Waals surface area contributed by atoms with E-state index in [0.717, 1.165) is 6.26 Å². The van der Waals surface area contributed by atoms with E-state index in [-0.39, 0.29) is 11.3 Å². The molecule has 0 heterocycles. The number of hydrogen-bond acceptors (Lipinski definition) is 3. The standard InChI is InChI=1S/C11H12O3S/c1-3-4-11(12)9-5-7-10(8-6-9)15(2,13)14/h1,5-8,11-12H,4H2,2H3. The predicted molar refractivity (Wildman–Crippen MR) is 58.0 cm³/mol. The van der Waals surface area contributed by atoms with Crippen LogP contribution < -0.4 is 0 Å². The van der Waals surface area contributed by atoms with Gasteiger partial charge in [0.2, 0.25) is 0 Å². The van der Waals surface area contributed by atoms with Gasteiger partial charge < -0.3 is 5.11 Å². The molecule has 1 aromatic rings. The van der Waals surface area contributed by atoms with Gasteiger partial charge in [-0.25, -0.2) is 8.42 Å². The SMILES string of the molecule is C#CCC(O)c1ccc(S(C)(=O)=O)cc1. The molecular weight excluding hydrogens is 212 g/mol. The Morgan fingerprint density at radius 1 is 1.40 bits per heavy atom. The van der Waals surface area contributed by atoms with Crippen LogP contribution in [0.5, 0.6) is 0 Å². The molecule has 0 fully saturated rings. The first-order valence-corrected chi connectivity index (χ1v) is 6.26. The number of terminal acetylenes is 1. The molecular formula is C11H12O3S. The summed E-state index contributed by atoms with van der Waals surface area (Å²) in [4.78, 5) is 0.235. The van der Waals surface area contributed by atoms with Gasteiger partial charge in [-0.1, -0.05) is 12.1 Å². The molecule has 0 aliphatic rings. The van der Waals surface area contributed by atoms with Gasteiger partial charge >= 0.3 is 0 Å². The first-order chi connectivity index (χ1) is 6.95. The van der Waals surface area contributed by atoms with Crippen LogP contribution in [0.25, 0.3) is 0 Å². The van der Waals surface area contributed by atoms with E-state index in [9.17, 15) is 13.5 Å². The van der Waals surface area contributed by atoms with Crippen molar-refractivity contribution in [3.8, 4) is 12.3 Å². The lowest BCUT2D eigenvalue weighted by atomic mass is 10.1. The number of rotatable bonds is 3. The maximum atomic E-state index is 11.1. The Kier molecular flexibility index (Phi) is 3.51. The number of sulfone groups is 1. The molecule has 1 rings (SSSR count). The highest BCUT2D eigenvalue weighted by molar-refractivity contribution is 7.90. The molecule has 1 unspecified atom stereocenters. The minimum Gasteiger partial charge on any atom is -0.387 e. The molecule has 1 atom stereocenters. The molecule has 0 aromatic heterocycles. The third-order valence-electron chi connectivity index (χ3n) is 2.00. The Hall–Kier alpha value is -1.31. The fraction of sp³-hybridized carbons (Fsp3) is 0.273. The van der Waals surface area contributed by atoms with Gasteiger partial charge in [-0.3, -0.25) is 0 Å². The summed E-state index contributed by atoms with van der Waals surface area (Å²) in [6, 6.07) is 6.06. The van der Waals surface area contributed by atoms with Gasteiger partial charge in [-0.05, 0) is 17.7 Å². The topological polar surface area (TPSA) is 54.4 Å². The third kappa shape index (κ3) is 3.08. The summed E-state index contributed by atoms with van der Waals surface area (Å²) in [7, 11) is -3.18. The molecule has 0 spiro atoms. The minimum absolute atomic E-state index is 0.220. The molecule has 0 aliphatic carbocycles. The Balaban J connectivity index is 2.96. The molecule has 15 heavy (non-hydrogen) atoms. The first-order valence-electron chi connectivity index (χ1n) is 4.36. The smallest absolute Gasteiger partial charge is 0.175 e. The van der Waals surface area contributed by atoms with E-state index >= 15 is 0 Å². The summed E-state index contributed by atoms with van der Waals surface area (Å²) >= 11 is 0. The maximum Gasteiger partial charge on any atom is 0.175 e. The Morgan fingerprint density at radius 2 is 1.93 bits per heavy atom. The number of aliphatic hydroxyl groups excluding tert-OH is 1. The van der Waals surface area contributed by atoms with Crippen LogP contribution in [0.15, 0.2) is 29.2 Å². The average Bonchev–Trinajstić information content (AvgIpc) is 2.17. The normalized spacial score (nSPS) is 13.1. The number of aliphatic hydroxyl groups is 1. The van der Waals surface area contributed by atoms with Crippen molar-refractivity contribution < 1.29 is 13.5 Å². The lowest BCUT2D eigenvalue weighted by Gasteiger charge is -2.07. The van der Waals surface area contributed by atoms with Crippen LogP contribution in [0.3, 0.4) is 0 Å². The van der Waals surface area contributed by atoms with Gasteiger partial charge in [0.1, 0.15) is 0 Å². The molecule has 0 radical (unpaired) electrons. The van der Waals surface area contributed by atoms with Crippen LogP contribution >= 0.6 is 0 Å². The molecule has 1 aromatic carbocycles. The van der Waals surface area contributed by atoms with Gasteiger partial charge in [-0.15, -0.1) is 12.3 Å². The molecule has 0 amide bonds. The number of hydrogen-bond donors (Lipinski definition) is 1. The fourth-order valence-corrected chi connectivity index (χ4v) is 1.80. The summed E-state index contributed by atoms with van der Waals surface area (Å²) < 4.78 is 22.3. The lowest BCUT2D eigenvalue weighted by molar-refractivity contribution is 0.184. The molecule has 80 valence electrons. The van der Waals surface area contributed by atoms with E-state index in [1.165, 1.54) is 12.1 Å². The van der Waals surface area contributed by atoms with Crippen molar-refractivity contribution in [2.24, 2.45) is 0 Å². The quantitative estimate of drug-likeness (QED) is 0.783. The Morgan fingerprint density at radius 3 is 2.33 bits per heavy atom. The molecule has 0 aliphatic heterocycles. The highest BCUT2D eigenvalue weighted by atomic mass is 32.2. The van der Waals surface area contributed by atoms with Gasteiger partial charge in [0.05, 0.1) is 11.0 Å². The molecule has 4 heteroatoms. The second-order valence-corrected chi connectivity index (χ2v) is 5.28. The zero-order valence-corrected chi connectivity index (χ0v) is 9.16. The summed E-state index contributed by atoms with van der Waals surface area (Å²) in [6.07, 6.45) is 5.69. The third-order valence-corrected chi connectivity index (χ3v) is 3.13. The van der Waals surface area contributed by atoms with E-state index in [1.54, 1.807) is 12.1 Å². The summed E-state index contributed by atoms with van der Waals surface area (Å²) in [5, 5.41) is 9.52. The fourth-order valence-electron chi connectivity index (χ4n) is 1.17. The minimum atomic E-state index is -3.18. The number of benzene rings is 1. The monoisotopic (exact) mass is 224 g/mol. The van der Waals surface area contributed by atoms with E-state index in [2.05, 4.69) is 5.92 Å². The van der Waals surface area contributed by atoms with Gasteiger partial charge in [0, 0.05) is 12.7 Å². The van der Waals surface area contributed by atoms with Crippen molar-refractivity contribution in [1.82, 2.24) is 0 Å². The average molecular weight is 224 g/mol. The van der Waals surface area contributed by atoms with Crippen molar-refractivity contribution in [3.63, 3.8) is 0 Å². The van der Waals surface area contributed by atoms with Gasteiger partial charge in [0.15, 0.2) is 9.84 Å². The van der Waals surface area contributed by atoms with Crippen LogP contribution in [0.2, 0.25) is 0 Å². The van der Waals surface area contributed by atoms with E-state index in [4.69, 9.17) is 6.42 Å². The Labute approximate surface area is 89.7 Å². The zero-order valence-electron chi connectivity index (χ0n) is 8.34. The van der Waals surface area contributed by atoms with Crippen molar-refractivity contribution in [2.75, 3.05) is 6.26 Å². The van der Waals surface area contributed by atoms with Crippen molar-refractivity contribution >= 4 is 9.84 Å². The second kappa shape index (κ2) is 4.47. The van der Waals surface area contributed by atoms with Crippen LogP contribution in [0.1, 0.15) is 18.1 Å². The first kappa shape index (κ1) is 11.8. The van der Waals surface area contributed by atoms with Gasteiger partial charge in [0.25, 0.3) is 0 Å². The van der Waals surface area contributed by atoms with Crippen LogP contribution in [0.4, 0.5) is 0 Å². The van der Waals surface area contributed by atoms with Crippen molar-refractivity contribution in [2.45, 2.75) is 17.4 Å². The van der Waals surface area contributed by atoms with E-state index < -0.39 is 15.9 Å². The molecule has 0 saturated carbocycles.